The van der Waals surface area contributed by atoms with Crippen LogP contribution in [-0.2, 0) is 6.54 Å². The molecule has 0 spiro atoms. The van der Waals surface area contributed by atoms with Crippen molar-refractivity contribution < 1.29 is 4.79 Å². The minimum absolute atomic E-state index is 0.166. The van der Waals surface area contributed by atoms with E-state index in [1.54, 1.807) is 0 Å². The molecule has 1 heterocycles. The molecule has 0 radical (unpaired) electrons. The van der Waals surface area contributed by atoms with Crippen molar-refractivity contribution >= 4 is 17.5 Å². The molecule has 1 fully saturated rings. The van der Waals surface area contributed by atoms with Crippen LogP contribution in [0, 0.1) is 0 Å². The Kier molecular flexibility index (Phi) is 7.52. The second-order valence-electron chi connectivity index (χ2n) is 7.71. The smallest absolute Gasteiger partial charge is 0.253 e. The summed E-state index contributed by atoms with van der Waals surface area (Å²) in [5.74, 6) is 0.716. The number of benzene rings is 2. The van der Waals surface area contributed by atoms with Gasteiger partial charge < -0.3 is 4.90 Å². The molecule has 1 amide bonds. The third kappa shape index (κ3) is 5.36. The summed E-state index contributed by atoms with van der Waals surface area (Å²) in [6.07, 6.45) is 3.47. The van der Waals surface area contributed by atoms with Crippen LogP contribution in [0.2, 0.25) is 5.02 Å². The van der Waals surface area contributed by atoms with Crippen LogP contribution in [-0.4, -0.2) is 41.9 Å². The first-order valence-electron chi connectivity index (χ1n) is 10.5. The maximum absolute atomic E-state index is 13.0. The summed E-state index contributed by atoms with van der Waals surface area (Å²) in [6.45, 7) is 8.73. The van der Waals surface area contributed by atoms with Gasteiger partial charge in [-0.25, -0.2) is 0 Å². The SMILES string of the molecule is CCCC(CC)c1cccc(C(=O)N2CCN(Cc3ccc(Cl)cc3)CC2)c1. The predicted octanol–water partition coefficient (Wildman–Crippen LogP) is 5.59. The van der Waals surface area contributed by atoms with Gasteiger partial charge in [-0.05, 0) is 54.2 Å². The van der Waals surface area contributed by atoms with Gasteiger partial charge in [0.15, 0.2) is 0 Å². The van der Waals surface area contributed by atoms with Crippen LogP contribution in [0.4, 0.5) is 0 Å². The third-order valence-electron chi connectivity index (χ3n) is 5.71. The highest BCUT2D eigenvalue weighted by Crippen LogP contribution is 2.26. The van der Waals surface area contributed by atoms with Crippen molar-refractivity contribution in [2.24, 2.45) is 0 Å². The van der Waals surface area contributed by atoms with Crippen LogP contribution in [0.1, 0.15) is 60.5 Å². The number of carbonyl (C=O) groups is 1. The number of halogens is 1. The fourth-order valence-corrected chi connectivity index (χ4v) is 4.15. The van der Waals surface area contributed by atoms with Gasteiger partial charge in [-0.15, -0.1) is 0 Å². The van der Waals surface area contributed by atoms with Crippen molar-refractivity contribution in [3.63, 3.8) is 0 Å². The Hall–Kier alpha value is -1.84. The second-order valence-corrected chi connectivity index (χ2v) is 8.15. The monoisotopic (exact) mass is 398 g/mol. The molecule has 1 saturated heterocycles. The van der Waals surface area contributed by atoms with E-state index in [2.05, 4.69) is 43.0 Å². The molecule has 3 rings (SSSR count). The summed E-state index contributed by atoms with van der Waals surface area (Å²) >= 11 is 5.97. The number of hydrogen-bond acceptors (Lipinski definition) is 2. The fourth-order valence-electron chi connectivity index (χ4n) is 4.02. The van der Waals surface area contributed by atoms with Gasteiger partial charge in [0.05, 0.1) is 0 Å². The molecule has 4 heteroatoms. The first-order valence-corrected chi connectivity index (χ1v) is 10.8. The van der Waals surface area contributed by atoms with E-state index in [4.69, 9.17) is 11.6 Å². The summed E-state index contributed by atoms with van der Waals surface area (Å²) in [7, 11) is 0. The molecule has 2 aromatic carbocycles. The number of rotatable bonds is 7. The molecule has 1 aliphatic heterocycles. The van der Waals surface area contributed by atoms with Crippen LogP contribution in [0.25, 0.3) is 0 Å². The molecule has 0 bridgehead atoms. The minimum Gasteiger partial charge on any atom is -0.336 e. The molecule has 3 nitrogen and oxygen atoms in total. The largest absolute Gasteiger partial charge is 0.336 e. The molecule has 1 unspecified atom stereocenters. The van der Waals surface area contributed by atoms with Gasteiger partial charge in [0.1, 0.15) is 0 Å². The highest BCUT2D eigenvalue weighted by Gasteiger charge is 2.22. The van der Waals surface area contributed by atoms with E-state index in [1.807, 2.05) is 29.2 Å². The zero-order chi connectivity index (χ0) is 19.9. The summed E-state index contributed by atoms with van der Waals surface area (Å²) < 4.78 is 0. The highest BCUT2D eigenvalue weighted by molar-refractivity contribution is 6.30. The van der Waals surface area contributed by atoms with E-state index >= 15 is 0 Å². The highest BCUT2D eigenvalue weighted by atomic mass is 35.5. The van der Waals surface area contributed by atoms with Crippen molar-refractivity contribution in [3.05, 3.63) is 70.2 Å². The quantitative estimate of drug-likeness (QED) is 0.606. The van der Waals surface area contributed by atoms with Gasteiger partial charge in [0, 0.05) is 43.3 Å². The van der Waals surface area contributed by atoms with Crippen molar-refractivity contribution in [1.82, 2.24) is 9.80 Å². The normalized spacial score (nSPS) is 16.2. The third-order valence-corrected chi connectivity index (χ3v) is 5.97. The molecule has 0 saturated carbocycles. The minimum atomic E-state index is 0.166. The van der Waals surface area contributed by atoms with Crippen molar-refractivity contribution in [2.45, 2.75) is 45.6 Å². The number of hydrogen-bond donors (Lipinski definition) is 0. The Balaban J connectivity index is 1.58. The molecule has 0 N–H and O–H groups in total. The van der Waals surface area contributed by atoms with Gasteiger partial charge in [-0.3, -0.25) is 9.69 Å². The van der Waals surface area contributed by atoms with Gasteiger partial charge >= 0.3 is 0 Å². The predicted molar refractivity (Wildman–Crippen MR) is 117 cm³/mol. The lowest BCUT2D eigenvalue weighted by Crippen LogP contribution is -2.48. The van der Waals surface area contributed by atoms with Crippen LogP contribution in [0.15, 0.2) is 48.5 Å². The lowest BCUT2D eigenvalue weighted by molar-refractivity contribution is 0.0628. The van der Waals surface area contributed by atoms with Crippen molar-refractivity contribution in [3.8, 4) is 0 Å². The van der Waals surface area contributed by atoms with Crippen LogP contribution in [0.5, 0.6) is 0 Å². The lowest BCUT2D eigenvalue weighted by atomic mass is 9.91. The Morgan fingerprint density at radius 2 is 1.75 bits per heavy atom. The van der Waals surface area contributed by atoms with Gasteiger partial charge in [-0.1, -0.05) is 56.1 Å². The number of amides is 1. The first-order chi connectivity index (χ1) is 13.6. The zero-order valence-corrected chi connectivity index (χ0v) is 17.8. The standard InChI is InChI=1S/C24H31ClN2O/c1-3-6-20(4-2)21-7-5-8-22(17-21)24(28)27-15-13-26(14-16-27)18-19-9-11-23(25)12-10-19/h5,7-12,17,20H,3-4,6,13-16,18H2,1-2H3. The van der Waals surface area contributed by atoms with Crippen molar-refractivity contribution in [2.75, 3.05) is 26.2 Å². The second kappa shape index (κ2) is 10.1. The Morgan fingerprint density at radius 1 is 1.04 bits per heavy atom. The summed E-state index contributed by atoms with van der Waals surface area (Å²) in [4.78, 5) is 17.4. The number of piperazine rings is 1. The molecule has 28 heavy (non-hydrogen) atoms. The fraction of sp³-hybridized carbons (Fsp3) is 0.458. The van der Waals surface area contributed by atoms with Gasteiger partial charge in [0.2, 0.25) is 0 Å². The van der Waals surface area contributed by atoms with E-state index in [1.165, 1.54) is 24.0 Å². The number of nitrogens with zero attached hydrogens (tertiary/aromatic N) is 2. The molecule has 150 valence electrons. The maximum Gasteiger partial charge on any atom is 0.253 e. The average Bonchev–Trinajstić information content (AvgIpc) is 2.74. The van der Waals surface area contributed by atoms with E-state index in [9.17, 15) is 4.79 Å². The topological polar surface area (TPSA) is 23.6 Å². The van der Waals surface area contributed by atoms with Gasteiger partial charge in [0.25, 0.3) is 5.91 Å². The average molecular weight is 399 g/mol. The van der Waals surface area contributed by atoms with E-state index in [0.717, 1.165) is 49.7 Å². The van der Waals surface area contributed by atoms with Gasteiger partial charge in [-0.2, -0.15) is 0 Å². The molecule has 2 aromatic rings. The molecule has 0 aromatic heterocycles. The molecule has 0 aliphatic carbocycles. The Bertz CT molecular complexity index is 766. The van der Waals surface area contributed by atoms with E-state index < -0.39 is 0 Å². The summed E-state index contributed by atoms with van der Waals surface area (Å²) in [6, 6.07) is 16.3. The van der Waals surface area contributed by atoms with Crippen LogP contribution >= 0.6 is 11.6 Å². The summed E-state index contributed by atoms with van der Waals surface area (Å²) in [5, 5.41) is 0.769. The van der Waals surface area contributed by atoms with Crippen LogP contribution < -0.4 is 0 Å². The first kappa shape index (κ1) is 20.9. The summed E-state index contributed by atoms with van der Waals surface area (Å²) in [5.41, 5.74) is 3.40. The van der Waals surface area contributed by atoms with E-state index in [0.29, 0.717) is 5.92 Å². The maximum atomic E-state index is 13.0. The number of carbonyl (C=O) groups excluding carboxylic acids is 1. The van der Waals surface area contributed by atoms with E-state index in [-0.39, 0.29) is 5.91 Å². The molecule has 1 aliphatic rings. The van der Waals surface area contributed by atoms with Crippen molar-refractivity contribution in [1.29, 1.82) is 0 Å². The molecular formula is C24H31ClN2O. The zero-order valence-electron chi connectivity index (χ0n) is 17.0. The lowest BCUT2D eigenvalue weighted by Gasteiger charge is -2.35. The molecular weight excluding hydrogens is 368 g/mol. The molecule has 1 atom stereocenters. The van der Waals surface area contributed by atoms with Crippen LogP contribution in [0.3, 0.4) is 0 Å². The Labute approximate surface area is 174 Å². The Morgan fingerprint density at radius 3 is 2.39 bits per heavy atom.